The molecule has 7 nitrogen and oxygen atoms in total. The van der Waals surface area contributed by atoms with Crippen LogP contribution in [-0.2, 0) is 19.1 Å². The molecule has 0 saturated heterocycles. The standard InChI is InChI=1S/C24H23N3O4S/c1-14-8-10-16(11-9-14)20-17(12-25)23(27-22(29)21(20)24(30)31-3)32-13-19(28)26-18-7-5-4-6-15(18)2/h4-11,20-21H,13H2,1-3H3,(H,26,28)(H,27,29)/t20-,21-/m0/s1. The number of carbonyl (C=O) groups is 3. The zero-order valence-corrected chi connectivity index (χ0v) is 18.8. The minimum absolute atomic E-state index is 0.0152. The van der Waals surface area contributed by atoms with E-state index in [4.69, 9.17) is 4.74 Å². The number of anilines is 1. The molecule has 164 valence electrons. The number of allylic oxidation sites excluding steroid dienone is 1. The van der Waals surface area contributed by atoms with Crippen LogP contribution < -0.4 is 10.6 Å². The molecule has 1 aliphatic heterocycles. The zero-order chi connectivity index (χ0) is 23.3. The third-order valence-corrected chi connectivity index (χ3v) is 6.20. The average Bonchev–Trinajstić information content (AvgIpc) is 2.78. The summed E-state index contributed by atoms with van der Waals surface area (Å²) in [7, 11) is 1.21. The molecule has 8 heteroatoms. The number of hydrogen-bond donors (Lipinski definition) is 2. The smallest absolute Gasteiger partial charge is 0.319 e. The summed E-state index contributed by atoms with van der Waals surface area (Å²) in [6.07, 6.45) is 0. The van der Waals surface area contributed by atoms with Crippen LogP contribution in [0.5, 0.6) is 0 Å². The van der Waals surface area contributed by atoms with E-state index in [1.165, 1.54) is 7.11 Å². The molecular weight excluding hydrogens is 426 g/mol. The van der Waals surface area contributed by atoms with Crippen LogP contribution in [-0.4, -0.2) is 30.6 Å². The number of nitrogens with one attached hydrogen (secondary N) is 2. The van der Waals surface area contributed by atoms with Gasteiger partial charge in [-0.25, -0.2) is 0 Å². The molecule has 0 radical (unpaired) electrons. The second kappa shape index (κ2) is 10.2. The van der Waals surface area contributed by atoms with Gasteiger partial charge in [0.25, 0.3) is 0 Å². The molecule has 2 amide bonds. The summed E-state index contributed by atoms with van der Waals surface area (Å²) in [4.78, 5) is 37.7. The average molecular weight is 450 g/mol. The Morgan fingerprint density at radius 2 is 1.84 bits per heavy atom. The first-order chi connectivity index (χ1) is 15.3. The van der Waals surface area contributed by atoms with Gasteiger partial charge in [-0.15, -0.1) is 0 Å². The van der Waals surface area contributed by atoms with E-state index in [0.29, 0.717) is 11.3 Å². The van der Waals surface area contributed by atoms with Gasteiger partial charge in [-0.1, -0.05) is 59.8 Å². The van der Waals surface area contributed by atoms with Gasteiger partial charge >= 0.3 is 5.97 Å². The van der Waals surface area contributed by atoms with E-state index in [1.54, 1.807) is 18.2 Å². The van der Waals surface area contributed by atoms with E-state index in [1.807, 2.05) is 44.2 Å². The first-order valence-corrected chi connectivity index (χ1v) is 10.9. The van der Waals surface area contributed by atoms with Crippen LogP contribution >= 0.6 is 11.8 Å². The Balaban J connectivity index is 1.89. The van der Waals surface area contributed by atoms with Crippen LogP contribution in [0.3, 0.4) is 0 Å². The molecule has 1 aliphatic rings. The topological polar surface area (TPSA) is 108 Å². The zero-order valence-electron chi connectivity index (χ0n) is 18.0. The van der Waals surface area contributed by atoms with Gasteiger partial charge in [0.15, 0.2) is 0 Å². The molecular formula is C24H23N3O4S. The Labute approximate surface area is 190 Å². The van der Waals surface area contributed by atoms with Crippen molar-refractivity contribution in [3.05, 3.63) is 75.8 Å². The van der Waals surface area contributed by atoms with Gasteiger partial charge in [-0.2, -0.15) is 5.26 Å². The highest BCUT2D eigenvalue weighted by Crippen LogP contribution is 2.40. The normalized spacial score (nSPS) is 17.9. The van der Waals surface area contributed by atoms with Crippen molar-refractivity contribution in [3.63, 3.8) is 0 Å². The Hall–Kier alpha value is -3.57. The van der Waals surface area contributed by atoms with Crippen molar-refractivity contribution in [3.8, 4) is 6.07 Å². The summed E-state index contributed by atoms with van der Waals surface area (Å²) in [5.74, 6) is -3.57. The van der Waals surface area contributed by atoms with Gasteiger partial charge in [-0.05, 0) is 31.0 Å². The molecule has 2 atom stereocenters. The number of ether oxygens (including phenoxy) is 1. The van der Waals surface area contributed by atoms with E-state index in [0.717, 1.165) is 22.9 Å². The summed E-state index contributed by atoms with van der Waals surface area (Å²) in [6, 6.07) is 16.8. The Kier molecular flexibility index (Phi) is 7.33. The van der Waals surface area contributed by atoms with Crippen molar-refractivity contribution in [2.24, 2.45) is 5.92 Å². The maximum atomic E-state index is 12.8. The number of nitrogens with zero attached hydrogens (tertiary/aromatic N) is 1. The second-order valence-corrected chi connectivity index (χ2v) is 8.37. The number of nitriles is 1. The highest BCUT2D eigenvalue weighted by molar-refractivity contribution is 8.03. The molecule has 2 aromatic carbocycles. The quantitative estimate of drug-likeness (QED) is 0.517. The summed E-state index contributed by atoms with van der Waals surface area (Å²) in [5, 5.41) is 15.6. The highest BCUT2D eigenvalue weighted by atomic mass is 32.2. The summed E-state index contributed by atoms with van der Waals surface area (Å²) in [6.45, 7) is 3.81. The molecule has 0 spiro atoms. The molecule has 0 fully saturated rings. The molecule has 0 bridgehead atoms. The van der Waals surface area contributed by atoms with Crippen LogP contribution in [0.25, 0.3) is 0 Å². The van der Waals surface area contributed by atoms with Crippen molar-refractivity contribution in [1.29, 1.82) is 5.26 Å². The molecule has 3 rings (SSSR count). The highest BCUT2D eigenvalue weighted by Gasteiger charge is 2.44. The number of aryl methyl sites for hydroxylation is 2. The maximum Gasteiger partial charge on any atom is 0.319 e. The van der Waals surface area contributed by atoms with Crippen LogP contribution in [0.1, 0.15) is 22.6 Å². The first kappa shape index (κ1) is 23.1. The molecule has 2 aromatic rings. The Bertz CT molecular complexity index is 1120. The number of hydrogen-bond acceptors (Lipinski definition) is 6. The third kappa shape index (κ3) is 5.01. The molecule has 32 heavy (non-hydrogen) atoms. The van der Waals surface area contributed by atoms with E-state index in [-0.39, 0.29) is 22.3 Å². The van der Waals surface area contributed by atoms with Crippen LogP contribution in [0.4, 0.5) is 5.69 Å². The minimum Gasteiger partial charge on any atom is -0.468 e. The lowest BCUT2D eigenvalue weighted by Crippen LogP contribution is -2.44. The summed E-state index contributed by atoms with van der Waals surface area (Å²) in [5.41, 5.74) is 3.50. The van der Waals surface area contributed by atoms with Gasteiger partial charge in [-0.3, -0.25) is 14.4 Å². The van der Waals surface area contributed by atoms with E-state index >= 15 is 0 Å². The van der Waals surface area contributed by atoms with E-state index in [2.05, 4.69) is 16.7 Å². The minimum atomic E-state index is -1.19. The van der Waals surface area contributed by atoms with Gasteiger partial charge in [0, 0.05) is 11.6 Å². The number of esters is 1. The SMILES string of the molecule is COC(=O)[C@@H]1C(=O)NC(SCC(=O)Nc2ccccc2C)=C(C#N)[C@@H]1c1ccc(C)cc1. The first-order valence-electron chi connectivity index (χ1n) is 9.93. The van der Waals surface area contributed by atoms with E-state index < -0.39 is 23.7 Å². The Morgan fingerprint density at radius 3 is 2.47 bits per heavy atom. The number of rotatable bonds is 6. The van der Waals surface area contributed by atoms with Crippen molar-refractivity contribution in [2.45, 2.75) is 19.8 Å². The summed E-state index contributed by atoms with van der Waals surface area (Å²) >= 11 is 1.05. The third-order valence-electron chi connectivity index (χ3n) is 5.19. The molecule has 0 unspecified atom stereocenters. The lowest BCUT2D eigenvalue weighted by molar-refractivity contribution is -0.150. The largest absolute Gasteiger partial charge is 0.468 e. The summed E-state index contributed by atoms with van der Waals surface area (Å²) < 4.78 is 4.84. The molecule has 2 N–H and O–H groups in total. The Morgan fingerprint density at radius 1 is 1.16 bits per heavy atom. The van der Waals surface area contributed by atoms with Gasteiger partial charge in [0.1, 0.15) is 5.92 Å². The number of para-hydroxylation sites is 1. The molecule has 0 aromatic heterocycles. The predicted octanol–water partition coefficient (Wildman–Crippen LogP) is 3.41. The van der Waals surface area contributed by atoms with Crippen molar-refractivity contribution in [2.75, 3.05) is 18.2 Å². The predicted molar refractivity (Wildman–Crippen MR) is 122 cm³/mol. The van der Waals surface area contributed by atoms with E-state index in [9.17, 15) is 19.6 Å². The molecule has 0 aliphatic carbocycles. The fourth-order valence-electron chi connectivity index (χ4n) is 3.49. The fraction of sp³-hybridized carbons (Fsp3) is 0.250. The van der Waals surface area contributed by atoms with Gasteiger partial charge in [0.05, 0.1) is 29.5 Å². The van der Waals surface area contributed by atoms with Crippen molar-refractivity contribution in [1.82, 2.24) is 5.32 Å². The number of benzene rings is 2. The van der Waals surface area contributed by atoms with Crippen LogP contribution in [0.15, 0.2) is 59.1 Å². The van der Waals surface area contributed by atoms with Gasteiger partial charge in [0.2, 0.25) is 11.8 Å². The lowest BCUT2D eigenvalue weighted by atomic mass is 9.78. The lowest BCUT2D eigenvalue weighted by Gasteiger charge is -2.31. The second-order valence-electron chi connectivity index (χ2n) is 7.38. The number of methoxy groups -OCH3 is 1. The van der Waals surface area contributed by atoms with Crippen molar-refractivity contribution < 1.29 is 19.1 Å². The van der Waals surface area contributed by atoms with Gasteiger partial charge < -0.3 is 15.4 Å². The number of amides is 2. The molecule has 1 heterocycles. The monoisotopic (exact) mass is 449 g/mol. The molecule has 0 saturated carbocycles. The van der Waals surface area contributed by atoms with Crippen LogP contribution in [0.2, 0.25) is 0 Å². The van der Waals surface area contributed by atoms with Crippen molar-refractivity contribution >= 4 is 35.2 Å². The number of thioether (sulfide) groups is 1. The number of carbonyl (C=O) groups excluding carboxylic acids is 3. The van der Waals surface area contributed by atoms with Crippen LogP contribution in [0, 0.1) is 31.1 Å². The maximum absolute atomic E-state index is 12.8. The fourth-order valence-corrected chi connectivity index (χ4v) is 4.34.